The Morgan fingerprint density at radius 2 is 2.36 bits per heavy atom. The first kappa shape index (κ1) is 11.7. The molecule has 0 saturated heterocycles. The molecule has 1 unspecified atom stereocenters. The summed E-state index contributed by atoms with van der Waals surface area (Å²) in [6.45, 7) is 4.10. The third-order valence-electron chi connectivity index (χ3n) is 2.29. The van der Waals surface area contributed by atoms with E-state index in [9.17, 15) is 4.79 Å². The largest absolute Gasteiger partial charge is 0.303 e. The normalized spacial score (nSPS) is 12.8. The van der Waals surface area contributed by atoms with E-state index in [-0.39, 0.29) is 5.92 Å². The first-order valence-electron chi connectivity index (χ1n) is 4.89. The van der Waals surface area contributed by atoms with Crippen molar-refractivity contribution in [1.82, 2.24) is 0 Å². The maximum Gasteiger partial charge on any atom is 0.128 e. The number of halogens is 1. The average molecular weight is 231 g/mol. The Morgan fingerprint density at radius 3 is 2.79 bits per heavy atom. The number of aldehydes is 1. The fourth-order valence-electron chi connectivity index (χ4n) is 1.38. The monoisotopic (exact) mass is 230 g/mol. The maximum absolute atomic E-state index is 10.9. The van der Waals surface area contributed by atoms with Crippen LogP contribution in [0.2, 0.25) is 5.02 Å². The molecule has 0 spiro atoms. The molecule has 0 aliphatic heterocycles. The van der Waals surface area contributed by atoms with E-state index in [4.69, 9.17) is 11.6 Å². The fraction of sp³-hybridized carbons (Fsp3) is 0.545. The number of unbranched alkanes of at least 4 members (excludes halogenated alkanes) is 1. The highest BCUT2D eigenvalue weighted by Gasteiger charge is 2.16. The number of hydrogen-bond acceptors (Lipinski definition) is 2. The van der Waals surface area contributed by atoms with Crippen LogP contribution in [0.25, 0.3) is 0 Å². The molecule has 1 atom stereocenters. The predicted molar refractivity (Wildman–Crippen MR) is 62.4 cm³/mol. The van der Waals surface area contributed by atoms with Crippen molar-refractivity contribution in [3.63, 3.8) is 0 Å². The van der Waals surface area contributed by atoms with Gasteiger partial charge in [0.15, 0.2) is 0 Å². The van der Waals surface area contributed by atoms with Crippen LogP contribution >= 0.6 is 22.9 Å². The Morgan fingerprint density at radius 1 is 1.64 bits per heavy atom. The Hall–Kier alpha value is -0.340. The van der Waals surface area contributed by atoms with E-state index in [1.54, 1.807) is 11.3 Å². The van der Waals surface area contributed by atoms with Crippen molar-refractivity contribution in [2.45, 2.75) is 39.0 Å². The molecular formula is C11H15ClOS. The zero-order valence-electron chi connectivity index (χ0n) is 8.55. The van der Waals surface area contributed by atoms with Crippen LogP contribution in [0.5, 0.6) is 0 Å². The van der Waals surface area contributed by atoms with E-state index in [0.717, 1.165) is 41.0 Å². The minimum Gasteiger partial charge on any atom is -0.303 e. The van der Waals surface area contributed by atoms with Crippen LogP contribution in [0.1, 0.15) is 42.5 Å². The van der Waals surface area contributed by atoms with E-state index in [2.05, 4.69) is 6.92 Å². The van der Waals surface area contributed by atoms with Gasteiger partial charge in [-0.3, -0.25) is 0 Å². The van der Waals surface area contributed by atoms with Crippen molar-refractivity contribution in [3.8, 4) is 0 Å². The molecule has 1 rings (SSSR count). The van der Waals surface area contributed by atoms with E-state index in [1.165, 1.54) is 0 Å². The second kappa shape index (κ2) is 5.52. The van der Waals surface area contributed by atoms with Crippen LogP contribution < -0.4 is 0 Å². The summed E-state index contributed by atoms with van der Waals surface area (Å²) in [7, 11) is 0. The highest BCUT2D eigenvalue weighted by atomic mass is 35.5. The van der Waals surface area contributed by atoms with Gasteiger partial charge in [0, 0.05) is 4.88 Å². The summed E-state index contributed by atoms with van der Waals surface area (Å²) >= 11 is 7.71. The lowest BCUT2D eigenvalue weighted by molar-refractivity contribution is -0.109. The van der Waals surface area contributed by atoms with Crippen LogP contribution in [-0.2, 0) is 4.79 Å². The molecule has 0 aliphatic rings. The lowest BCUT2D eigenvalue weighted by Crippen LogP contribution is -1.98. The summed E-state index contributed by atoms with van der Waals surface area (Å²) in [5, 5.41) is 2.79. The second-order valence-corrected chi connectivity index (χ2v) is 4.77. The molecule has 78 valence electrons. The van der Waals surface area contributed by atoms with E-state index in [1.807, 2.05) is 12.3 Å². The van der Waals surface area contributed by atoms with Gasteiger partial charge < -0.3 is 4.79 Å². The molecule has 14 heavy (non-hydrogen) atoms. The number of hydrogen-bond donors (Lipinski definition) is 0. The quantitative estimate of drug-likeness (QED) is 0.694. The molecule has 1 nitrogen and oxygen atoms in total. The Labute approximate surface area is 94.1 Å². The molecule has 0 fully saturated rings. The van der Waals surface area contributed by atoms with Gasteiger partial charge in [0.2, 0.25) is 0 Å². The van der Waals surface area contributed by atoms with Gasteiger partial charge in [0.25, 0.3) is 0 Å². The SMILES string of the molecule is CCCCC(C=O)c1scc(C)c1Cl. The third kappa shape index (κ3) is 2.58. The van der Waals surface area contributed by atoms with E-state index >= 15 is 0 Å². The van der Waals surface area contributed by atoms with Crippen LogP contribution in [-0.4, -0.2) is 6.29 Å². The molecule has 0 N–H and O–H groups in total. The van der Waals surface area contributed by atoms with Gasteiger partial charge in [0.1, 0.15) is 6.29 Å². The molecule has 0 saturated carbocycles. The first-order chi connectivity index (χ1) is 6.70. The molecular weight excluding hydrogens is 216 g/mol. The molecule has 0 radical (unpaired) electrons. The van der Waals surface area contributed by atoms with Gasteiger partial charge in [-0.1, -0.05) is 31.4 Å². The third-order valence-corrected chi connectivity index (χ3v) is 4.14. The molecule has 3 heteroatoms. The van der Waals surface area contributed by atoms with Crippen molar-refractivity contribution in [2.24, 2.45) is 0 Å². The highest BCUT2D eigenvalue weighted by molar-refractivity contribution is 7.11. The summed E-state index contributed by atoms with van der Waals surface area (Å²) in [5.74, 6) is 0.00106. The van der Waals surface area contributed by atoms with Crippen molar-refractivity contribution < 1.29 is 4.79 Å². The van der Waals surface area contributed by atoms with Gasteiger partial charge in [0.05, 0.1) is 10.9 Å². The van der Waals surface area contributed by atoms with Crippen molar-refractivity contribution in [3.05, 3.63) is 20.8 Å². The maximum atomic E-state index is 10.9. The average Bonchev–Trinajstić information content (AvgIpc) is 2.51. The topological polar surface area (TPSA) is 17.1 Å². The molecule has 1 aromatic rings. The zero-order valence-corrected chi connectivity index (χ0v) is 10.1. The second-order valence-electron chi connectivity index (χ2n) is 3.48. The Bertz CT molecular complexity index is 306. The van der Waals surface area contributed by atoms with Crippen LogP contribution in [0, 0.1) is 6.92 Å². The number of carbonyl (C=O) groups excluding carboxylic acids is 1. The van der Waals surface area contributed by atoms with Crippen molar-refractivity contribution in [1.29, 1.82) is 0 Å². The minimum absolute atomic E-state index is 0.00106. The standard InChI is InChI=1S/C11H15ClOS/c1-3-4-5-9(6-13)11-10(12)8(2)7-14-11/h6-7,9H,3-5H2,1-2H3. The van der Waals surface area contributed by atoms with Gasteiger partial charge in [-0.2, -0.15) is 0 Å². The lowest BCUT2D eigenvalue weighted by atomic mass is 10.0. The van der Waals surface area contributed by atoms with Crippen LogP contribution in [0.15, 0.2) is 5.38 Å². The minimum atomic E-state index is 0.00106. The molecule has 0 aromatic carbocycles. The molecule has 1 aromatic heterocycles. The number of carbonyl (C=O) groups is 1. The Kier molecular flexibility index (Phi) is 4.63. The summed E-state index contributed by atoms with van der Waals surface area (Å²) in [5.41, 5.74) is 1.08. The van der Waals surface area contributed by atoms with E-state index in [0.29, 0.717) is 0 Å². The summed E-state index contributed by atoms with van der Waals surface area (Å²) in [4.78, 5) is 12.0. The van der Waals surface area contributed by atoms with Crippen molar-refractivity contribution in [2.75, 3.05) is 0 Å². The number of aryl methyl sites for hydroxylation is 1. The molecule has 0 aliphatic carbocycles. The predicted octanol–water partition coefficient (Wildman–Crippen LogP) is 4.18. The van der Waals surface area contributed by atoms with Crippen LogP contribution in [0.4, 0.5) is 0 Å². The van der Waals surface area contributed by atoms with Gasteiger partial charge in [-0.25, -0.2) is 0 Å². The van der Waals surface area contributed by atoms with Crippen molar-refractivity contribution >= 4 is 29.2 Å². The molecule has 0 amide bonds. The van der Waals surface area contributed by atoms with Gasteiger partial charge in [-0.15, -0.1) is 11.3 Å². The fourth-order valence-corrected chi connectivity index (χ4v) is 2.81. The first-order valence-corrected chi connectivity index (χ1v) is 6.15. The summed E-state index contributed by atoms with van der Waals surface area (Å²) < 4.78 is 0. The van der Waals surface area contributed by atoms with E-state index < -0.39 is 0 Å². The zero-order chi connectivity index (χ0) is 10.6. The summed E-state index contributed by atoms with van der Waals surface area (Å²) in [6.07, 6.45) is 4.13. The number of rotatable bonds is 5. The van der Waals surface area contributed by atoms with Gasteiger partial charge in [-0.05, 0) is 24.3 Å². The van der Waals surface area contributed by atoms with Crippen LogP contribution in [0.3, 0.4) is 0 Å². The Balaban J connectivity index is 2.78. The molecule has 1 heterocycles. The lowest BCUT2D eigenvalue weighted by Gasteiger charge is -2.07. The molecule has 0 bridgehead atoms. The van der Waals surface area contributed by atoms with Gasteiger partial charge >= 0.3 is 0 Å². The number of thiophene rings is 1. The summed E-state index contributed by atoms with van der Waals surface area (Å²) in [6, 6.07) is 0. The smallest absolute Gasteiger partial charge is 0.128 e. The highest BCUT2D eigenvalue weighted by Crippen LogP contribution is 2.34.